The van der Waals surface area contributed by atoms with Crippen LogP contribution in [0.25, 0.3) is 22.2 Å². The summed E-state index contributed by atoms with van der Waals surface area (Å²) in [5.74, 6) is 1.44. The summed E-state index contributed by atoms with van der Waals surface area (Å²) in [6, 6.07) is 15.8. The number of carbonyl (C=O) groups excluding carboxylic acids is 1. The molecule has 3 heterocycles. The minimum atomic E-state index is -0.00689. The highest BCUT2D eigenvalue weighted by Gasteiger charge is 2.35. The number of ether oxygens (including phenoxy) is 1. The number of rotatable bonds is 6. The number of amides is 1. The van der Waals surface area contributed by atoms with E-state index in [9.17, 15) is 4.79 Å². The van der Waals surface area contributed by atoms with Gasteiger partial charge in [-0.1, -0.05) is 13.0 Å². The molecule has 1 fully saturated rings. The smallest absolute Gasteiger partial charge is 0.251 e. The molecule has 0 bridgehead atoms. The van der Waals surface area contributed by atoms with E-state index in [0.29, 0.717) is 5.75 Å². The number of likely N-dealkylation sites (tertiary alicyclic amines) is 1. The van der Waals surface area contributed by atoms with Crippen LogP contribution in [0.3, 0.4) is 0 Å². The summed E-state index contributed by atoms with van der Waals surface area (Å²) >= 11 is 0. The highest BCUT2D eigenvalue weighted by Crippen LogP contribution is 2.29. The fourth-order valence-electron chi connectivity index (χ4n) is 4.60. The van der Waals surface area contributed by atoms with Crippen LogP contribution in [0.5, 0.6) is 11.5 Å². The maximum absolute atomic E-state index is 13.0. The van der Waals surface area contributed by atoms with Crippen LogP contribution in [0.4, 0.5) is 0 Å². The Hall–Kier alpha value is -3.71. The Bertz CT molecular complexity index is 1410. The third-order valence-electron chi connectivity index (χ3n) is 6.88. The van der Waals surface area contributed by atoms with Crippen molar-refractivity contribution in [3.05, 3.63) is 72.1 Å². The van der Waals surface area contributed by atoms with E-state index >= 15 is 0 Å². The van der Waals surface area contributed by atoms with E-state index in [-0.39, 0.29) is 17.5 Å². The van der Waals surface area contributed by atoms with Crippen molar-refractivity contribution in [2.45, 2.75) is 45.7 Å². The topological polar surface area (TPSA) is 72.3 Å². The van der Waals surface area contributed by atoms with Crippen molar-refractivity contribution >= 4 is 16.8 Å². The van der Waals surface area contributed by atoms with Gasteiger partial charge in [-0.2, -0.15) is 5.10 Å². The minimum absolute atomic E-state index is 0.00689. The summed E-state index contributed by atoms with van der Waals surface area (Å²) in [6.45, 7) is 10.4. The molecule has 2 aromatic carbocycles. The predicted octanol–water partition coefficient (Wildman–Crippen LogP) is 5.20. The summed E-state index contributed by atoms with van der Waals surface area (Å²) in [4.78, 5) is 19.9. The van der Waals surface area contributed by atoms with E-state index in [1.807, 2.05) is 60.4 Å². The van der Waals surface area contributed by atoms with Gasteiger partial charge < -0.3 is 10.1 Å². The van der Waals surface area contributed by atoms with Gasteiger partial charge in [-0.05, 0) is 63.1 Å². The second kappa shape index (κ2) is 9.39. The van der Waals surface area contributed by atoms with Gasteiger partial charge >= 0.3 is 0 Å². The molecule has 4 aromatic rings. The van der Waals surface area contributed by atoms with Crippen molar-refractivity contribution in [3.8, 4) is 22.8 Å². The molecule has 1 amide bonds. The molecule has 2 aromatic heterocycles. The molecule has 0 saturated carbocycles. The van der Waals surface area contributed by atoms with Crippen LogP contribution < -0.4 is 10.1 Å². The van der Waals surface area contributed by atoms with Crippen LogP contribution in [0.15, 0.2) is 60.9 Å². The minimum Gasteiger partial charge on any atom is -0.457 e. The average molecular weight is 484 g/mol. The number of fused-ring (bicyclic) bond motifs is 1. The van der Waals surface area contributed by atoms with Crippen molar-refractivity contribution in [2.24, 2.45) is 7.05 Å². The van der Waals surface area contributed by atoms with Gasteiger partial charge in [0.05, 0.1) is 23.4 Å². The van der Waals surface area contributed by atoms with Gasteiger partial charge in [0.15, 0.2) is 0 Å². The van der Waals surface area contributed by atoms with Gasteiger partial charge in [0, 0.05) is 60.5 Å². The van der Waals surface area contributed by atoms with Gasteiger partial charge in [-0.3, -0.25) is 19.4 Å². The number of hydrogen-bond donors (Lipinski definition) is 1. The number of benzene rings is 2. The van der Waals surface area contributed by atoms with Gasteiger partial charge in [0.25, 0.3) is 5.91 Å². The molecule has 1 saturated heterocycles. The Balaban J connectivity index is 1.31. The zero-order valence-electron chi connectivity index (χ0n) is 21.6. The average Bonchev–Trinajstić information content (AvgIpc) is 3.20. The fourth-order valence-corrected chi connectivity index (χ4v) is 4.60. The predicted molar refractivity (Wildman–Crippen MR) is 142 cm³/mol. The number of pyridine rings is 1. The summed E-state index contributed by atoms with van der Waals surface area (Å²) < 4.78 is 7.97. The molecule has 36 heavy (non-hydrogen) atoms. The van der Waals surface area contributed by atoms with E-state index in [4.69, 9.17) is 4.74 Å². The fraction of sp³-hybridized carbons (Fsp3) is 0.345. The molecule has 5 rings (SSSR count). The maximum Gasteiger partial charge on any atom is 0.251 e. The Morgan fingerprint density at radius 1 is 1.08 bits per heavy atom. The Morgan fingerprint density at radius 3 is 2.61 bits per heavy atom. The number of carbonyl (C=O) groups is 1. The summed E-state index contributed by atoms with van der Waals surface area (Å²) in [6.07, 6.45) is 4.35. The van der Waals surface area contributed by atoms with Crippen LogP contribution >= 0.6 is 0 Å². The first-order chi connectivity index (χ1) is 17.2. The molecule has 0 atom stereocenters. The number of hydrogen-bond acceptors (Lipinski definition) is 5. The standard InChI is InChI=1S/C29H33N5O2/c1-6-19-13-20(8-10-25(19)28(35)32-22-17-34(18-22)29(2,3)4)26-14-24(11-12-30-26)36-23-9-7-21-16-31-33(5)27(21)15-23/h7-16,22H,6,17-18H2,1-5H3,(H,32,35). The molecule has 0 unspecified atom stereocenters. The van der Waals surface area contributed by atoms with Crippen LogP contribution in [0.1, 0.15) is 43.6 Å². The first kappa shape index (κ1) is 24.0. The van der Waals surface area contributed by atoms with Crippen molar-refractivity contribution < 1.29 is 9.53 Å². The number of aryl methyl sites for hydroxylation is 2. The molecule has 0 radical (unpaired) electrons. The number of nitrogens with zero attached hydrogens (tertiary/aromatic N) is 4. The molecule has 1 aliphatic rings. The van der Waals surface area contributed by atoms with Gasteiger partial charge in [-0.15, -0.1) is 0 Å². The van der Waals surface area contributed by atoms with Crippen molar-refractivity contribution in [1.29, 1.82) is 0 Å². The van der Waals surface area contributed by atoms with Crippen molar-refractivity contribution in [2.75, 3.05) is 13.1 Å². The lowest BCUT2D eigenvalue weighted by Gasteiger charge is -2.47. The Labute approximate surface area is 212 Å². The molecule has 1 N–H and O–H groups in total. The monoisotopic (exact) mass is 483 g/mol. The third-order valence-corrected chi connectivity index (χ3v) is 6.88. The van der Waals surface area contributed by atoms with E-state index in [1.165, 1.54) is 0 Å². The molecule has 7 heteroatoms. The molecule has 7 nitrogen and oxygen atoms in total. The van der Waals surface area contributed by atoms with Crippen LogP contribution in [-0.2, 0) is 13.5 Å². The van der Waals surface area contributed by atoms with Crippen molar-refractivity contribution in [1.82, 2.24) is 25.0 Å². The lowest BCUT2D eigenvalue weighted by atomic mass is 9.96. The highest BCUT2D eigenvalue weighted by molar-refractivity contribution is 5.96. The van der Waals surface area contributed by atoms with Crippen molar-refractivity contribution in [3.63, 3.8) is 0 Å². The Kier molecular flexibility index (Phi) is 6.26. The number of aromatic nitrogens is 3. The van der Waals surface area contributed by atoms with Gasteiger partial charge in [0.1, 0.15) is 11.5 Å². The summed E-state index contributed by atoms with van der Waals surface area (Å²) in [5, 5.41) is 8.56. The summed E-state index contributed by atoms with van der Waals surface area (Å²) in [5.41, 5.74) is 4.64. The lowest BCUT2D eigenvalue weighted by molar-refractivity contribution is 0.0331. The number of nitrogens with one attached hydrogen (secondary N) is 1. The first-order valence-electron chi connectivity index (χ1n) is 12.5. The molecule has 0 spiro atoms. The molecular weight excluding hydrogens is 450 g/mol. The van der Waals surface area contributed by atoms with E-state index in [0.717, 1.165) is 58.5 Å². The highest BCUT2D eigenvalue weighted by atomic mass is 16.5. The molecule has 1 aliphatic heterocycles. The van der Waals surface area contributed by atoms with Crippen LogP contribution in [0.2, 0.25) is 0 Å². The summed E-state index contributed by atoms with van der Waals surface area (Å²) in [7, 11) is 1.92. The molecule has 0 aliphatic carbocycles. The van der Waals surface area contributed by atoms with Crippen LogP contribution in [-0.4, -0.2) is 50.2 Å². The Morgan fingerprint density at radius 2 is 1.86 bits per heavy atom. The van der Waals surface area contributed by atoms with E-state index in [2.05, 4.69) is 54.1 Å². The van der Waals surface area contributed by atoms with Gasteiger partial charge in [-0.25, -0.2) is 0 Å². The van der Waals surface area contributed by atoms with Crippen LogP contribution in [0, 0.1) is 0 Å². The first-order valence-corrected chi connectivity index (χ1v) is 12.5. The zero-order chi connectivity index (χ0) is 25.4. The molecule has 186 valence electrons. The molecular formula is C29H33N5O2. The van der Waals surface area contributed by atoms with E-state index in [1.54, 1.807) is 6.20 Å². The second-order valence-electron chi connectivity index (χ2n) is 10.4. The SMILES string of the molecule is CCc1cc(-c2cc(Oc3ccc4cnn(C)c4c3)ccn2)ccc1C(=O)NC1CN(C(C)(C)C)C1. The lowest BCUT2D eigenvalue weighted by Crippen LogP contribution is -2.64. The quantitative estimate of drug-likeness (QED) is 0.408. The van der Waals surface area contributed by atoms with E-state index < -0.39 is 0 Å². The third kappa shape index (κ3) is 4.84. The maximum atomic E-state index is 13.0. The normalized spacial score (nSPS) is 14.6. The zero-order valence-corrected chi connectivity index (χ0v) is 21.6. The van der Waals surface area contributed by atoms with Gasteiger partial charge in [0.2, 0.25) is 0 Å². The second-order valence-corrected chi connectivity index (χ2v) is 10.4. The largest absolute Gasteiger partial charge is 0.457 e.